The molecule has 1 aliphatic rings. The maximum Gasteiger partial charge on any atom is 0.317 e. The van der Waals surface area contributed by atoms with Gasteiger partial charge in [-0.2, -0.15) is 0 Å². The first-order valence-electron chi connectivity index (χ1n) is 9.53. The lowest BCUT2D eigenvalue weighted by Crippen LogP contribution is -2.48. The van der Waals surface area contributed by atoms with Crippen LogP contribution in [0, 0.1) is 0 Å². The van der Waals surface area contributed by atoms with Crippen molar-refractivity contribution in [1.82, 2.24) is 15.1 Å². The minimum atomic E-state index is -0.0847. The Bertz CT molecular complexity index is 636. The summed E-state index contributed by atoms with van der Waals surface area (Å²) in [4.78, 5) is 28.8. The molecular weight excluding hydrogens is 362 g/mol. The Labute approximate surface area is 166 Å². The highest BCUT2D eigenvalue weighted by Gasteiger charge is 2.38. The fraction of sp³-hybridized carbons (Fsp3) is 0.600. The van der Waals surface area contributed by atoms with Crippen LogP contribution in [0.2, 0.25) is 0 Å². The number of urea groups is 1. The molecule has 1 fully saturated rings. The van der Waals surface area contributed by atoms with Crippen molar-refractivity contribution in [3.05, 3.63) is 29.8 Å². The highest BCUT2D eigenvalue weighted by Crippen LogP contribution is 2.43. The number of nitrogens with one attached hydrogen (secondary N) is 1. The molecule has 6 nitrogen and oxygen atoms in total. The lowest BCUT2D eigenvalue weighted by atomic mass is 10.2. The predicted molar refractivity (Wildman–Crippen MR) is 110 cm³/mol. The third kappa shape index (κ3) is 5.31. The number of carbonyl (C=O) groups is 2. The summed E-state index contributed by atoms with van der Waals surface area (Å²) in [5, 5.41) is 2.81. The molecule has 1 saturated heterocycles. The molecule has 2 atom stereocenters. The zero-order chi connectivity index (χ0) is 20.0. The van der Waals surface area contributed by atoms with Crippen LogP contribution in [0.5, 0.6) is 5.75 Å². The van der Waals surface area contributed by atoms with Crippen molar-refractivity contribution in [1.29, 1.82) is 0 Å². The molecule has 0 bridgehead atoms. The Balaban J connectivity index is 2.10. The van der Waals surface area contributed by atoms with E-state index in [0.717, 1.165) is 17.7 Å². The molecule has 0 aliphatic carbocycles. The van der Waals surface area contributed by atoms with Gasteiger partial charge in [0.2, 0.25) is 5.91 Å². The minimum absolute atomic E-state index is 0.0360. The van der Waals surface area contributed by atoms with E-state index in [4.69, 9.17) is 4.74 Å². The lowest BCUT2D eigenvalue weighted by Gasteiger charge is -2.31. The van der Waals surface area contributed by atoms with Crippen LogP contribution in [-0.4, -0.2) is 59.8 Å². The predicted octanol–water partition coefficient (Wildman–Crippen LogP) is 3.49. The normalized spacial score (nSPS) is 19.5. The second-order valence-electron chi connectivity index (χ2n) is 6.95. The Hall–Kier alpha value is -1.89. The summed E-state index contributed by atoms with van der Waals surface area (Å²) in [7, 11) is 1.64. The van der Waals surface area contributed by atoms with E-state index in [9.17, 15) is 9.59 Å². The summed E-state index contributed by atoms with van der Waals surface area (Å²) in [6.45, 7) is 9.65. The van der Waals surface area contributed by atoms with Gasteiger partial charge >= 0.3 is 6.03 Å². The molecule has 1 aliphatic heterocycles. The van der Waals surface area contributed by atoms with Gasteiger partial charge in [-0.05, 0) is 44.9 Å². The maximum atomic E-state index is 12.7. The van der Waals surface area contributed by atoms with E-state index < -0.39 is 0 Å². The van der Waals surface area contributed by atoms with E-state index in [2.05, 4.69) is 5.32 Å². The number of hydrogen-bond donors (Lipinski definition) is 1. The molecule has 1 aromatic carbocycles. The second kappa shape index (κ2) is 9.88. The van der Waals surface area contributed by atoms with Gasteiger partial charge in [-0.25, -0.2) is 4.79 Å². The smallest absolute Gasteiger partial charge is 0.317 e. The highest BCUT2D eigenvalue weighted by molar-refractivity contribution is 8.01. The molecule has 27 heavy (non-hydrogen) atoms. The van der Waals surface area contributed by atoms with Crippen LogP contribution in [0.25, 0.3) is 0 Å². The van der Waals surface area contributed by atoms with Crippen molar-refractivity contribution in [2.24, 2.45) is 0 Å². The lowest BCUT2D eigenvalue weighted by molar-refractivity contribution is -0.130. The maximum absolute atomic E-state index is 12.7. The van der Waals surface area contributed by atoms with E-state index in [0.29, 0.717) is 19.6 Å². The molecule has 1 N–H and O–H groups in total. The van der Waals surface area contributed by atoms with Gasteiger partial charge in [0.1, 0.15) is 11.1 Å². The molecule has 1 heterocycles. The number of rotatable bonds is 8. The molecule has 150 valence electrons. The van der Waals surface area contributed by atoms with Gasteiger partial charge in [-0.1, -0.05) is 19.1 Å². The van der Waals surface area contributed by atoms with Crippen molar-refractivity contribution in [3.63, 3.8) is 0 Å². The number of methoxy groups -OCH3 is 1. The van der Waals surface area contributed by atoms with Gasteiger partial charge in [-0.3, -0.25) is 4.79 Å². The zero-order valence-electron chi connectivity index (χ0n) is 16.9. The summed E-state index contributed by atoms with van der Waals surface area (Å²) >= 11 is 1.65. The molecule has 1 aromatic rings. The molecular formula is C20H31N3O3S. The van der Waals surface area contributed by atoms with E-state index in [1.165, 1.54) is 0 Å². The van der Waals surface area contributed by atoms with Gasteiger partial charge in [0.15, 0.2) is 0 Å². The number of ether oxygens (including phenoxy) is 1. The van der Waals surface area contributed by atoms with E-state index in [1.54, 1.807) is 23.8 Å². The van der Waals surface area contributed by atoms with Crippen LogP contribution in [0.3, 0.4) is 0 Å². The summed E-state index contributed by atoms with van der Waals surface area (Å²) < 4.78 is 5.23. The van der Waals surface area contributed by atoms with Crippen LogP contribution < -0.4 is 10.1 Å². The number of carbonyl (C=O) groups excluding carboxylic acids is 2. The van der Waals surface area contributed by atoms with Crippen LogP contribution in [0.1, 0.15) is 45.1 Å². The molecule has 0 spiro atoms. The Kier molecular flexibility index (Phi) is 7.83. The molecule has 0 saturated carbocycles. The third-order valence-electron chi connectivity index (χ3n) is 4.64. The van der Waals surface area contributed by atoms with Crippen molar-refractivity contribution in [2.75, 3.05) is 26.7 Å². The van der Waals surface area contributed by atoms with E-state index in [1.807, 2.05) is 56.9 Å². The summed E-state index contributed by atoms with van der Waals surface area (Å²) in [5.41, 5.74) is 1.07. The number of nitrogens with zero attached hydrogens (tertiary/aromatic N) is 2. The number of amides is 3. The Morgan fingerprint density at radius 1 is 1.33 bits per heavy atom. The fourth-order valence-electron chi connectivity index (χ4n) is 3.07. The van der Waals surface area contributed by atoms with Crippen molar-refractivity contribution in [3.8, 4) is 5.75 Å². The average molecular weight is 394 g/mol. The number of hydrogen-bond acceptors (Lipinski definition) is 4. The summed E-state index contributed by atoms with van der Waals surface area (Å²) in [5.74, 6) is 0.921. The second-order valence-corrected chi connectivity index (χ2v) is 8.38. The van der Waals surface area contributed by atoms with Gasteiger partial charge < -0.3 is 19.9 Å². The zero-order valence-corrected chi connectivity index (χ0v) is 17.7. The first-order valence-corrected chi connectivity index (χ1v) is 10.5. The van der Waals surface area contributed by atoms with Crippen LogP contribution in [0.4, 0.5) is 4.79 Å². The topological polar surface area (TPSA) is 61.9 Å². The number of benzene rings is 1. The Morgan fingerprint density at radius 3 is 2.56 bits per heavy atom. The van der Waals surface area contributed by atoms with Crippen molar-refractivity contribution in [2.45, 2.75) is 50.8 Å². The summed E-state index contributed by atoms with van der Waals surface area (Å²) in [6.07, 6.45) is 0.899. The monoisotopic (exact) mass is 393 g/mol. The van der Waals surface area contributed by atoms with Crippen molar-refractivity contribution < 1.29 is 14.3 Å². The van der Waals surface area contributed by atoms with E-state index >= 15 is 0 Å². The molecule has 7 heteroatoms. The largest absolute Gasteiger partial charge is 0.497 e. The molecule has 0 aromatic heterocycles. The SMILES string of the molecule is CCCNC(=O)N(CCN1C(=O)[C@H](C)S[C@H]1c1ccc(OC)cc1)C(C)C. The third-order valence-corrected chi connectivity index (χ3v) is 6.03. The molecule has 3 amide bonds. The van der Waals surface area contributed by atoms with Gasteiger partial charge in [0.25, 0.3) is 0 Å². The van der Waals surface area contributed by atoms with Crippen LogP contribution >= 0.6 is 11.8 Å². The Morgan fingerprint density at radius 2 is 2.00 bits per heavy atom. The summed E-state index contributed by atoms with van der Waals surface area (Å²) in [6, 6.07) is 7.84. The number of thioether (sulfide) groups is 1. The molecule has 0 unspecified atom stereocenters. The van der Waals surface area contributed by atoms with Gasteiger partial charge in [0.05, 0.1) is 12.4 Å². The van der Waals surface area contributed by atoms with Crippen LogP contribution in [-0.2, 0) is 4.79 Å². The minimum Gasteiger partial charge on any atom is -0.497 e. The average Bonchev–Trinajstić information content (AvgIpc) is 2.94. The first-order chi connectivity index (χ1) is 12.9. The van der Waals surface area contributed by atoms with Crippen molar-refractivity contribution >= 4 is 23.7 Å². The van der Waals surface area contributed by atoms with Crippen LogP contribution in [0.15, 0.2) is 24.3 Å². The fourth-order valence-corrected chi connectivity index (χ4v) is 4.38. The highest BCUT2D eigenvalue weighted by atomic mass is 32.2. The standard InChI is InChI=1S/C20H31N3O3S/c1-6-11-21-20(25)22(14(2)3)12-13-23-18(24)15(4)27-19(23)16-7-9-17(26-5)10-8-16/h7-10,14-15,19H,6,11-13H2,1-5H3,(H,21,25)/t15-,19-/m0/s1. The van der Waals surface area contributed by atoms with Gasteiger partial charge in [-0.15, -0.1) is 11.8 Å². The molecule has 2 rings (SSSR count). The van der Waals surface area contributed by atoms with Gasteiger partial charge in [0, 0.05) is 25.7 Å². The first kappa shape index (κ1) is 21.4. The molecule has 0 radical (unpaired) electrons. The quantitative estimate of drug-likeness (QED) is 0.734. The van der Waals surface area contributed by atoms with E-state index in [-0.39, 0.29) is 28.6 Å².